The van der Waals surface area contributed by atoms with Gasteiger partial charge in [0.1, 0.15) is 5.78 Å². The number of hydrogen-bond acceptors (Lipinski definition) is 3. The Labute approximate surface area is 80.7 Å². The zero-order chi connectivity index (χ0) is 10.4. The fraction of sp³-hybridized carbons (Fsp3) is 0.900. The highest BCUT2D eigenvalue weighted by Gasteiger charge is 2.15. The van der Waals surface area contributed by atoms with Crippen LogP contribution in [0.4, 0.5) is 0 Å². The number of carbonyl (C=O) groups excluding carboxylic acids is 1. The minimum absolute atomic E-state index is 0.0630. The van der Waals surface area contributed by atoms with Crippen molar-refractivity contribution >= 4 is 5.78 Å². The van der Waals surface area contributed by atoms with Gasteiger partial charge in [0.05, 0.1) is 13.2 Å². The number of Topliss-reactive ketones (excluding diaryl/α,β-unsaturated/α-hetero) is 1. The van der Waals surface area contributed by atoms with Gasteiger partial charge in [-0.15, -0.1) is 0 Å². The largest absolute Gasteiger partial charge is 0.395 e. The Morgan fingerprint density at radius 1 is 1.46 bits per heavy atom. The molecule has 0 saturated carbocycles. The maximum absolute atomic E-state index is 11.5. The lowest BCUT2D eigenvalue weighted by molar-refractivity contribution is -0.123. The lowest BCUT2D eigenvalue weighted by atomic mass is 10.0. The van der Waals surface area contributed by atoms with E-state index >= 15 is 0 Å². The zero-order valence-corrected chi connectivity index (χ0v) is 9.08. The second-order valence-electron chi connectivity index (χ2n) is 3.72. The number of aliphatic hydroxyl groups is 1. The summed E-state index contributed by atoms with van der Waals surface area (Å²) >= 11 is 0. The number of rotatable bonds is 6. The van der Waals surface area contributed by atoms with Crippen LogP contribution in [0.25, 0.3) is 0 Å². The van der Waals surface area contributed by atoms with Gasteiger partial charge in [-0.25, -0.2) is 0 Å². The Balaban J connectivity index is 3.91. The third-order valence-corrected chi connectivity index (χ3v) is 2.58. The molecule has 0 aliphatic heterocycles. The minimum Gasteiger partial charge on any atom is -0.395 e. The topological polar surface area (TPSA) is 40.5 Å². The summed E-state index contributed by atoms with van der Waals surface area (Å²) in [6.07, 6.45) is 0.889. The molecule has 0 aromatic heterocycles. The molecule has 0 amide bonds. The number of nitrogens with zero attached hydrogens (tertiary/aromatic N) is 1. The molecular weight excluding hydrogens is 166 g/mol. The summed E-state index contributed by atoms with van der Waals surface area (Å²) < 4.78 is 0. The van der Waals surface area contributed by atoms with E-state index in [0.717, 1.165) is 6.42 Å². The summed E-state index contributed by atoms with van der Waals surface area (Å²) in [4.78, 5) is 13.4. The average Bonchev–Trinajstić information content (AvgIpc) is 2.14. The smallest absolute Gasteiger partial charge is 0.149 e. The Kier molecular flexibility index (Phi) is 5.91. The van der Waals surface area contributed by atoms with Gasteiger partial charge in [0.25, 0.3) is 0 Å². The molecule has 0 fully saturated rings. The molecule has 0 saturated heterocycles. The van der Waals surface area contributed by atoms with Crippen molar-refractivity contribution in [2.75, 3.05) is 20.2 Å². The van der Waals surface area contributed by atoms with Crippen LogP contribution in [0.3, 0.4) is 0 Å². The van der Waals surface area contributed by atoms with E-state index in [1.807, 2.05) is 32.7 Å². The second-order valence-corrected chi connectivity index (χ2v) is 3.72. The average molecular weight is 187 g/mol. The molecule has 2 unspecified atom stereocenters. The van der Waals surface area contributed by atoms with Crippen molar-refractivity contribution in [1.29, 1.82) is 0 Å². The Morgan fingerprint density at radius 3 is 2.38 bits per heavy atom. The molecule has 3 heteroatoms. The Morgan fingerprint density at radius 2 is 2.00 bits per heavy atom. The van der Waals surface area contributed by atoms with E-state index in [1.165, 1.54) is 0 Å². The zero-order valence-electron chi connectivity index (χ0n) is 9.08. The predicted octanol–water partition coefficient (Wildman–Crippen LogP) is 0.914. The van der Waals surface area contributed by atoms with Crippen LogP contribution in [0.5, 0.6) is 0 Å². The molecule has 0 aromatic rings. The number of hydrogen-bond donors (Lipinski definition) is 1. The highest BCUT2D eigenvalue weighted by Crippen LogP contribution is 2.04. The Bertz CT molecular complexity index is 159. The van der Waals surface area contributed by atoms with Crippen LogP contribution in [0.15, 0.2) is 0 Å². The van der Waals surface area contributed by atoms with Crippen LogP contribution in [-0.4, -0.2) is 42.0 Å². The van der Waals surface area contributed by atoms with Gasteiger partial charge in [-0.05, 0) is 20.4 Å². The number of carbonyl (C=O) groups is 1. The number of aliphatic hydroxyl groups excluding tert-OH is 1. The van der Waals surface area contributed by atoms with E-state index in [2.05, 4.69) is 0 Å². The fourth-order valence-corrected chi connectivity index (χ4v) is 0.925. The first-order valence-corrected chi connectivity index (χ1v) is 4.86. The van der Waals surface area contributed by atoms with E-state index in [-0.39, 0.29) is 24.3 Å². The molecule has 0 heterocycles. The van der Waals surface area contributed by atoms with Crippen LogP contribution in [0.2, 0.25) is 0 Å². The van der Waals surface area contributed by atoms with Crippen LogP contribution in [-0.2, 0) is 4.79 Å². The molecule has 0 aliphatic rings. The van der Waals surface area contributed by atoms with Crippen molar-refractivity contribution in [3.8, 4) is 0 Å². The molecule has 13 heavy (non-hydrogen) atoms. The van der Waals surface area contributed by atoms with E-state index in [0.29, 0.717) is 6.54 Å². The minimum atomic E-state index is 0.0630. The molecule has 0 radical (unpaired) electrons. The molecule has 0 aliphatic carbocycles. The SMILES string of the molecule is CCC(C)C(=O)CN(C)C(C)CO. The lowest BCUT2D eigenvalue weighted by Gasteiger charge is -2.23. The Hall–Kier alpha value is -0.410. The van der Waals surface area contributed by atoms with Gasteiger partial charge in [0.2, 0.25) is 0 Å². The van der Waals surface area contributed by atoms with Crippen LogP contribution in [0.1, 0.15) is 27.2 Å². The monoisotopic (exact) mass is 187 g/mol. The maximum atomic E-state index is 11.5. The molecular formula is C10H21NO2. The molecule has 1 N–H and O–H groups in total. The van der Waals surface area contributed by atoms with E-state index < -0.39 is 0 Å². The molecule has 78 valence electrons. The first kappa shape index (κ1) is 12.6. The lowest BCUT2D eigenvalue weighted by Crippen LogP contribution is -2.37. The first-order valence-electron chi connectivity index (χ1n) is 4.86. The van der Waals surface area contributed by atoms with Crippen molar-refractivity contribution in [3.05, 3.63) is 0 Å². The molecule has 2 atom stereocenters. The quantitative estimate of drug-likeness (QED) is 0.672. The molecule has 0 rings (SSSR count). The van der Waals surface area contributed by atoms with Crippen molar-refractivity contribution in [2.24, 2.45) is 5.92 Å². The first-order chi connectivity index (χ1) is 6.02. The molecule has 0 bridgehead atoms. The second kappa shape index (κ2) is 6.11. The van der Waals surface area contributed by atoms with E-state index in [9.17, 15) is 4.79 Å². The maximum Gasteiger partial charge on any atom is 0.149 e. The molecule has 0 spiro atoms. The highest BCUT2D eigenvalue weighted by molar-refractivity contribution is 5.82. The van der Waals surface area contributed by atoms with E-state index in [1.54, 1.807) is 0 Å². The fourth-order valence-electron chi connectivity index (χ4n) is 0.925. The predicted molar refractivity (Wildman–Crippen MR) is 53.6 cm³/mol. The summed E-state index contributed by atoms with van der Waals surface area (Å²) in [5, 5.41) is 8.86. The third kappa shape index (κ3) is 4.39. The van der Waals surface area contributed by atoms with Gasteiger partial charge in [0, 0.05) is 12.0 Å². The van der Waals surface area contributed by atoms with Crippen molar-refractivity contribution in [3.63, 3.8) is 0 Å². The van der Waals surface area contributed by atoms with Gasteiger partial charge in [-0.3, -0.25) is 9.69 Å². The van der Waals surface area contributed by atoms with Gasteiger partial charge >= 0.3 is 0 Å². The third-order valence-electron chi connectivity index (χ3n) is 2.58. The van der Waals surface area contributed by atoms with Crippen LogP contribution >= 0.6 is 0 Å². The van der Waals surface area contributed by atoms with Gasteiger partial charge in [-0.2, -0.15) is 0 Å². The van der Waals surface area contributed by atoms with Gasteiger partial charge in [-0.1, -0.05) is 13.8 Å². The van der Waals surface area contributed by atoms with Crippen molar-refractivity contribution < 1.29 is 9.90 Å². The van der Waals surface area contributed by atoms with Crippen LogP contribution in [0, 0.1) is 5.92 Å². The number of ketones is 1. The number of likely N-dealkylation sites (N-methyl/N-ethyl adjacent to an activating group) is 1. The molecule has 0 aromatic carbocycles. The summed E-state index contributed by atoms with van der Waals surface area (Å²) in [5.74, 6) is 0.388. The van der Waals surface area contributed by atoms with Gasteiger partial charge in [0.15, 0.2) is 0 Å². The highest BCUT2D eigenvalue weighted by atomic mass is 16.3. The summed E-state index contributed by atoms with van der Waals surface area (Å²) in [5.41, 5.74) is 0. The van der Waals surface area contributed by atoms with Crippen molar-refractivity contribution in [1.82, 2.24) is 4.90 Å². The van der Waals surface area contributed by atoms with Crippen molar-refractivity contribution in [2.45, 2.75) is 33.2 Å². The summed E-state index contributed by atoms with van der Waals surface area (Å²) in [7, 11) is 1.86. The van der Waals surface area contributed by atoms with Gasteiger partial charge < -0.3 is 5.11 Å². The summed E-state index contributed by atoms with van der Waals surface area (Å²) in [6.45, 7) is 6.41. The molecule has 3 nitrogen and oxygen atoms in total. The summed E-state index contributed by atoms with van der Waals surface area (Å²) in [6, 6.07) is 0.0630. The standard InChI is InChI=1S/C10H21NO2/c1-5-8(2)10(13)6-11(4)9(3)7-12/h8-9,12H,5-7H2,1-4H3. The van der Waals surface area contributed by atoms with E-state index in [4.69, 9.17) is 5.11 Å². The van der Waals surface area contributed by atoms with Crippen LogP contribution < -0.4 is 0 Å². The normalized spacial score (nSPS) is 15.8.